The molecule has 224 valence electrons. The van der Waals surface area contributed by atoms with Crippen molar-refractivity contribution >= 4 is 11.8 Å². The second-order valence-corrected chi connectivity index (χ2v) is 9.79. The highest BCUT2D eigenvalue weighted by Crippen LogP contribution is 2.37. The van der Waals surface area contributed by atoms with Crippen LogP contribution in [0.2, 0.25) is 0 Å². The van der Waals surface area contributed by atoms with Crippen molar-refractivity contribution in [3.63, 3.8) is 0 Å². The van der Waals surface area contributed by atoms with Crippen LogP contribution in [0, 0.1) is 0 Å². The molecule has 1 aliphatic rings. The van der Waals surface area contributed by atoms with Crippen molar-refractivity contribution in [1.82, 2.24) is 10.2 Å². The summed E-state index contributed by atoms with van der Waals surface area (Å²) in [4.78, 5) is 27.6. The van der Waals surface area contributed by atoms with Crippen LogP contribution < -0.4 is 14.8 Å². The van der Waals surface area contributed by atoms with Crippen molar-refractivity contribution in [3.05, 3.63) is 94.5 Å². The number of methoxy groups -OCH3 is 1. The Balaban J connectivity index is 1.70. The first-order chi connectivity index (χ1) is 19.9. The third-order valence-corrected chi connectivity index (χ3v) is 6.80. The molecule has 42 heavy (non-hydrogen) atoms. The van der Waals surface area contributed by atoms with Gasteiger partial charge in [-0.25, -0.2) is 0 Å². The minimum atomic E-state index is -5.14. The van der Waals surface area contributed by atoms with Gasteiger partial charge in [0.25, 0.3) is 5.91 Å². The number of benzene rings is 3. The van der Waals surface area contributed by atoms with E-state index in [0.717, 1.165) is 10.5 Å². The molecule has 4 rings (SSSR count). The number of rotatable bonds is 8. The standard InChI is InChI=1S/C30H28F6N2O4/c1-41-26-13-20(10-11-25(26)42-18-19-7-3-2-4-8-19)17-38(24-9-5-6-12-37-27(24)39)28(40)21-14-22(29(31,32)33)16-23(15-21)30(34,35)36/h2-4,7-8,10-11,13-16,24H,5-6,9,12,17-18H2,1H3,(H,37,39). The Morgan fingerprint density at radius 2 is 1.55 bits per heavy atom. The largest absolute Gasteiger partial charge is 0.493 e. The Hall–Kier alpha value is -4.22. The van der Waals surface area contributed by atoms with Gasteiger partial charge in [0.15, 0.2) is 11.5 Å². The fourth-order valence-corrected chi connectivity index (χ4v) is 4.65. The van der Waals surface area contributed by atoms with Crippen LogP contribution in [0.1, 0.15) is 51.9 Å². The molecule has 0 saturated carbocycles. The van der Waals surface area contributed by atoms with E-state index in [2.05, 4.69) is 5.32 Å². The summed E-state index contributed by atoms with van der Waals surface area (Å²) in [7, 11) is 1.40. The maximum Gasteiger partial charge on any atom is 0.416 e. The van der Waals surface area contributed by atoms with Crippen LogP contribution in [-0.4, -0.2) is 36.4 Å². The normalized spacial score (nSPS) is 15.9. The quantitative estimate of drug-likeness (QED) is 0.298. The highest BCUT2D eigenvalue weighted by Gasteiger charge is 2.39. The Morgan fingerprint density at radius 1 is 0.881 bits per heavy atom. The highest BCUT2D eigenvalue weighted by atomic mass is 19.4. The van der Waals surface area contributed by atoms with E-state index in [9.17, 15) is 35.9 Å². The van der Waals surface area contributed by atoms with Gasteiger partial charge in [0.2, 0.25) is 5.91 Å². The third-order valence-electron chi connectivity index (χ3n) is 6.80. The number of nitrogens with zero attached hydrogens (tertiary/aromatic N) is 1. The first-order valence-corrected chi connectivity index (χ1v) is 13.1. The van der Waals surface area contributed by atoms with Crippen LogP contribution in [0.3, 0.4) is 0 Å². The van der Waals surface area contributed by atoms with E-state index >= 15 is 0 Å². The molecule has 0 bridgehead atoms. The van der Waals surface area contributed by atoms with Gasteiger partial charge >= 0.3 is 12.4 Å². The van der Waals surface area contributed by atoms with Crippen LogP contribution in [0.5, 0.6) is 11.5 Å². The van der Waals surface area contributed by atoms with Crippen molar-refractivity contribution in [2.45, 2.75) is 50.8 Å². The van der Waals surface area contributed by atoms with Gasteiger partial charge in [0.1, 0.15) is 12.6 Å². The molecule has 1 heterocycles. The van der Waals surface area contributed by atoms with Gasteiger partial charge in [-0.3, -0.25) is 9.59 Å². The van der Waals surface area contributed by atoms with Crippen molar-refractivity contribution in [1.29, 1.82) is 0 Å². The number of hydrogen-bond acceptors (Lipinski definition) is 4. The zero-order valence-electron chi connectivity index (χ0n) is 22.5. The summed E-state index contributed by atoms with van der Waals surface area (Å²) < 4.78 is 92.5. The molecule has 3 aromatic rings. The first-order valence-electron chi connectivity index (χ1n) is 13.1. The van der Waals surface area contributed by atoms with Gasteiger partial charge in [-0.15, -0.1) is 0 Å². The van der Waals surface area contributed by atoms with Crippen LogP contribution in [0.25, 0.3) is 0 Å². The highest BCUT2D eigenvalue weighted by molar-refractivity contribution is 5.98. The molecule has 1 fully saturated rings. The molecule has 0 spiro atoms. The molecule has 3 aromatic carbocycles. The van der Waals surface area contributed by atoms with E-state index in [4.69, 9.17) is 9.47 Å². The second kappa shape index (κ2) is 12.7. The second-order valence-electron chi connectivity index (χ2n) is 9.79. The van der Waals surface area contributed by atoms with E-state index in [1.165, 1.54) is 7.11 Å². The van der Waals surface area contributed by atoms with Crippen LogP contribution in [-0.2, 0) is 30.3 Å². The van der Waals surface area contributed by atoms with Gasteiger partial charge in [0, 0.05) is 18.7 Å². The number of ether oxygens (including phenoxy) is 2. The summed E-state index contributed by atoms with van der Waals surface area (Å²) in [5.41, 5.74) is -2.74. The van der Waals surface area contributed by atoms with E-state index in [1.807, 2.05) is 30.3 Å². The first kappa shape index (κ1) is 30.7. The summed E-state index contributed by atoms with van der Waals surface area (Å²) in [6.45, 7) is 0.282. The number of alkyl halides is 6. The average molecular weight is 595 g/mol. The van der Waals surface area contributed by atoms with Crippen LogP contribution >= 0.6 is 0 Å². The smallest absolute Gasteiger partial charge is 0.416 e. The van der Waals surface area contributed by atoms with E-state index in [-0.39, 0.29) is 25.6 Å². The van der Waals surface area contributed by atoms with E-state index < -0.39 is 46.9 Å². The lowest BCUT2D eigenvalue weighted by molar-refractivity contribution is -0.143. The molecule has 0 aromatic heterocycles. The minimum absolute atomic E-state index is 0.0431. The lowest BCUT2D eigenvalue weighted by Gasteiger charge is -2.31. The molecular formula is C30H28F6N2O4. The van der Waals surface area contributed by atoms with Gasteiger partial charge in [-0.05, 0) is 60.7 Å². The monoisotopic (exact) mass is 594 g/mol. The fourth-order valence-electron chi connectivity index (χ4n) is 4.65. The summed E-state index contributed by atoms with van der Waals surface area (Å²) >= 11 is 0. The van der Waals surface area contributed by atoms with Crippen LogP contribution in [0.4, 0.5) is 26.3 Å². The molecule has 1 unspecified atom stereocenters. The molecule has 1 aliphatic heterocycles. The summed E-state index contributed by atoms with van der Waals surface area (Å²) in [5, 5.41) is 2.66. The summed E-state index contributed by atoms with van der Waals surface area (Å²) in [5.74, 6) is -1.02. The third kappa shape index (κ3) is 7.54. The molecular weight excluding hydrogens is 566 g/mol. The maximum absolute atomic E-state index is 13.7. The predicted molar refractivity (Wildman–Crippen MR) is 141 cm³/mol. The zero-order chi connectivity index (χ0) is 30.5. The van der Waals surface area contributed by atoms with Crippen molar-refractivity contribution in [2.75, 3.05) is 13.7 Å². The van der Waals surface area contributed by atoms with E-state index in [1.54, 1.807) is 18.2 Å². The molecule has 2 amide bonds. The topological polar surface area (TPSA) is 67.9 Å². The molecule has 0 radical (unpaired) electrons. The number of carbonyl (C=O) groups is 2. The van der Waals surface area contributed by atoms with E-state index in [0.29, 0.717) is 48.6 Å². The zero-order valence-corrected chi connectivity index (χ0v) is 22.5. The minimum Gasteiger partial charge on any atom is -0.493 e. The molecule has 12 heteroatoms. The number of halogens is 6. The number of nitrogens with one attached hydrogen (secondary N) is 1. The number of hydrogen-bond donors (Lipinski definition) is 1. The predicted octanol–water partition coefficient (Wildman–Crippen LogP) is 6.62. The molecule has 1 N–H and O–H groups in total. The van der Waals surface area contributed by atoms with Gasteiger partial charge in [0.05, 0.1) is 18.2 Å². The summed E-state index contributed by atoms with van der Waals surface area (Å²) in [6.07, 6.45) is -8.97. The Bertz CT molecular complexity index is 1380. The molecule has 6 nitrogen and oxygen atoms in total. The lowest BCUT2D eigenvalue weighted by Crippen LogP contribution is -2.48. The Kier molecular flexibility index (Phi) is 9.33. The Labute approximate surface area is 238 Å². The van der Waals surface area contributed by atoms with Crippen molar-refractivity contribution in [3.8, 4) is 11.5 Å². The van der Waals surface area contributed by atoms with Crippen LogP contribution in [0.15, 0.2) is 66.7 Å². The lowest BCUT2D eigenvalue weighted by atomic mass is 10.0. The summed E-state index contributed by atoms with van der Waals surface area (Å²) in [6, 6.07) is 13.6. The van der Waals surface area contributed by atoms with Crippen molar-refractivity contribution < 1.29 is 45.4 Å². The average Bonchev–Trinajstić information content (AvgIpc) is 3.18. The van der Waals surface area contributed by atoms with Gasteiger partial charge in [-0.1, -0.05) is 36.4 Å². The molecule has 1 saturated heterocycles. The SMILES string of the molecule is COc1cc(CN(C(=O)c2cc(C(F)(F)F)cc(C(F)(F)F)c2)C2CCCCNC2=O)ccc1OCc1ccccc1. The maximum atomic E-state index is 13.7. The van der Waals surface area contributed by atoms with Crippen molar-refractivity contribution in [2.24, 2.45) is 0 Å². The Morgan fingerprint density at radius 3 is 2.17 bits per heavy atom. The van der Waals surface area contributed by atoms with Gasteiger partial charge in [-0.2, -0.15) is 26.3 Å². The van der Waals surface area contributed by atoms with Gasteiger partial charge < -0.3 is 19.7 Å². The fraction of sp³-hybridized carbons (Fsp3) is 0.333. The number of carbonyl (C=O) groups excluding carboxylic acids is 2. The number of amides is 2. The molecule has 0 aliphatic carbocycles. The molecule has 1 atom stereocenters.